The van der Waals surface area contributed by atoms with Gasteiger partial charge < -0.3 is 20.4 Å². The van der Waals surface area contributed by atoms with Crippen LogP contribution in [0, 0.1) is 0 Å². The number of carbonyl (C=O) groups is 3. The van der Waals surface area contributed by atoms with E-state index in [0.29, 0.717) is 32.4 Å². The largest absolute Gasteiger partial charge is 0.481 e. The van der Waals surface area contributed by atoms with Gasteiger partial charge in [-0.25, -0.2) is 4.79 Å². The van der Waals surface area contributed by atoms with E-state index in [0.717, 1.165) is 0 Å². The van der Waals surface area contributed by atoms with Crippen LogP contribution in [0.25, 0.3) is 0 Å². The standard InChI is InChI=1S/C12H20N2O5/c1-8(13-6-2-5-10(15)16)11(17)14-7-3-4-9(14)12(18)19/h8-9,13H,2-7H2,1H3,(H,15,16)(H,18,19)/t8-,9-/m0/s1. The van der Waals surface area contributed by atoms with Crippen molar-refractivity contribution in [1.29, 1.82) is 0 Å². The third-order valence-corrected chi connectivity index (χ3v) is 3.21. The van der Waals surface area contributed by atoms with Crippen molar-refractivity contribution < 1.29 is 24.6 Å². The van der Waals surface area contributed by atoms with E-state index in [9.17, 15) is 14.4 Å². The second kappa shape index (κ2) is 7.08. The minimum absolute atomic E-state index is 0.0510. The normalized spacial score (nSPS) is 20.3. The molecule has 7 heteroatoms. The first-order valence-corrected chi connectivity index (χ1v) is 6.42. The highest BCUT2D eigenvalue weighted by Crippen LogP contribution is 2.18. The number of nitrogens with zero attached hydrogens (tertiary/aromatic N) is 1. The van der Waals surface area contributed by atoms with Crippen LogP contribution in [0.15, 0.2) is 0 Å². The van der Waals surface area contributed by atoms with E-state index in [1.807, 2.05) is 0 Å². The SMILES string of the molecule is C[C@H](NCCCC(=O)O)C(=O)N1CCC[C@H]1C(=O)O. The topological polar surface area (TPSA) is 107 Å². The highest BCUT2D eigenvalue weighted by atomic mass is 16.4. The highest BCUT2D eigenvalue weighted by Gasteiger charge is 2.35. The fourth-order valence-electron chi connectivity index (χ4n) is 2.18. The van der Waals surface area contributed by atoms with E-state index >= 15 is 0 Å². The number of carboxylic acids is 2. The molecule has 1 amide bonds. The van der Waals surface area contributed by atoms with Crippen molar-refractivity contribution in [1.82, 2.24) is 10.2 Å². The number of rotatable bonds is 7. The average Bonchev–Trinajstić information content (AvgIpc) is 2.82. The summed E-state index contributed by atoms with van der Waals surface area (Å²) in [7, 11) is 0. The molecule has 7 nitrogen and oxygen atoms in total. The van der Waals surface area contributed by atoms with Gasteiger partial charge in [-0.2, -0.15) is 0 Å². The van der Waals surface area contributed by atoms with Crippen molar-refractivity contribution in [3.05, 3.63) is 0 Å². The Morgan fingerprint density at radius 1 is 1.37 bits per heavy atom. The molecule has 2 atom stereocenters. The van der Waals surface area contributed by atoms with Gasteiger partial charge in [0.15, 0.2) is 0 Å². The average molecular weight is 272 g/mol. The van der Waals surface area contributed by atoms with Crippen LogP contribution in [0.4, 0.5) is 0 Å². The Hall–Kier alpha value is -1.63. The van der Waals surface area contributed by atoms with Crippen LogP contribution in [-0.4, -0.2) is 58.1 Å². The Labute approximate surface area is 111 Å². The molecule has 19 heavy (non-hydrogen) atoms. The second-order valence-electron chi connectivity index (χ2n) is 4.70. The molecule has 1 rings (SSSR count). The van der Waals surface area contributed by atoms with Gasteiger partial charge in [-0.3, -0.25) is 9.59 Å². The minimum atomic E-state index is -0.969. The van der Waals surface area contributed by atoms with Gasteiger partial charge >= 0.3 is 11.9 Å². The molecular formula is C12H20N2O5. The predicted octanol–water partition coefficient (Wildman–Crippen LogP) is -0.0951. The molecule has 0 bridgehead atoms. The van der Waals surface area contributed by atoms with Crippen molar-refractivity contribution in [2.24, 2.45) is 0 Å². The van der Waals surface area contributed by atoms with Gasteiger partial charge in [-0.1, -0.05) is 0 Å². The maximum atomic E-state index is 12.1. The van der Waals surface area contributed by atoms with E-state index in [2.05, 4.69) is 5.32 Å². The number of likely N-dealkylation sites (tertiary alicyclic amines) is 1. The summed E-state index contributed by atoms with van der Waals surface area (Å²) >= 11 is 0. The maximum Gasteiger partial charge on any atom is 0.326 e. The molecule has 3 N–H and O–H groups in total. The zero-order valence-corrected chi connectivity index (χ0v) is 11.0. The third kappa shape index (κ3) is 4.51. The summed E-state index contributed by atoms with van der Waals surface area (Å²) in [5, 5.41) is 20.4. The van der Waals surface area contributed by atoms with Crippen molar-refractivity contribution >= 4 is 17.8 Å². The summed E-state index contributed by atoms with van der Waals surface area (Å²) < 4.78 is 0. The van der Waals surface area contributed by atoms with Gasteiger partial charge in [-0.05, 0) is 32.7 Å². The van der Waals surface area contributed by atoms with Crippen LogP contribution in [0.1, 0.15) is 32.6 Å². The maximum absolute atomic E-state index is 12.1. The number of carbonyl (C=O) groups excluding carboxylic acids is 1. The lowest BCUT2D eigenvalue weighted by molar-refractivity contribution is -0.148. The van der Waals surface area contributed by atoms with Gasteiger partial charge in [-0.15, -0.1) is 0 Å². The molecule has 0 aromatic carbocycles. The van der Waals surface area contributed by atoms with Crippen molar-refractivity contribution in [2.75, 3.05) is 13.1 Å². The van der Waals surface area contributed by atoms with Gasteiger partial charge in [0.25, 0.3) is 0 Å². The zero-order chi connectivity index (χ0) is 14.4. The Morgan fingerprint density at radius 2 is 2.05 bits per heavy atom. The predicted molar refractivity (Wildman–Crippen MR) is 66.7 cm³/mol. The molecule has 1 fully saturated rings. The molecule has 1 aliphatic rings. The minimum Gasteiger partial charge on any atom is -0.481 e. The number of carboxylic acid groups (broad SMARTS) is 2. The molecule has 0 unspecified atom stereocenters. The van der Waals surface area contributed by atoms with Crippen LogP contribution < -0.4 is 5.32 Å². The van der Waals surface area contributed by atoms with E-state index < -0.39 is 24.0 Å². The van der Waals surface area contributed by atoms with E-state index in [-0.39, 0.29) is 12.3 Å². The molecule has 1 heterocycles. The van der Waals surface area contributed by atoms with Crippen molar-refractivity contribution in [2.45, 2.75) is 44.7 Å². The van der Waals surface area contributed by atoms with E-state index in [1.54, 1.807) is 6.92 Å². The molecule has 108 valence electrons. The van der Waals surface area contributed by atoms with Gasteiger partial charge in [0.1, 0.15) is 6.04 Å². The molecule has 0 aromatic rings. The monoisotopic (exact) mass is 272 g/mol. The summed E-state index contributed by atoms with van der Waals surface area (Å²) in [5.74, 6) is -2.07. The Morgan fingerprint density at radius 3 is 2.63 bits per heavy atom. The second-order valence-corrected chi connectivity index (χ2v) is 4.70. The van der Waals surface area contributed by atoms with Crippen LogP contribution in [0.2, 0.25) is 0 Å². The Bertz CT molecular complexity index is 358. The molecule has 1 saturated heterocycles. The first kappa shape index (κ1) is 15.4. The number of hydrogen-bond acceptors (Lipinski definition) is 4. The smallest absolute Gasteiger partial charge is 0.326 e. The Balaban J connectivity index is 2.39. The van der Waals surface area contributed by atoms with Crippen LogP contribution in [0.3, 0.4) is 0 Å². The summed E-state index contributed by atoms with van der Waals surface area (Å²) in [5.41, 5.74) is 0. The van der Waals surface area contributed by atoms with E-state index in [4.69, 9.17) is 10.2 Å². The molecule has 1 aliphatic heterocycles. The third-order valence-electron chi connectivity index (χ3n) is 3.21. The van der Waals surface area contributed by atoms with E-state index in [1.165, 1.54) is 4.90 Å². The fraction of sp³-hybridized carbons (Fsp3) is 0.750. The van der Waals surface area contributed by atoms with Gasteiger partial charge in [0.2, 0.25) is 5.91 Å². The van der Waals surface area contributed by atoms with Crippen LogP contribution >= 0.6 is 0 Å². The molecule has 0 spiro atoms. The zero-order valence-electron chi connectivity index (χ0n) is 11.0. The summed E-state index contributed by atoms with van der Waals surface area (Å²) in [6, 6.07) is -1.22. The molecular weight excluding hydrogens is 252 g/mol. The number of hydrogen-bond donors (Lipinski definition) is 3. The molecule has 0 aliphatic carbocycles. The molecule has 0 saturated carbocycles. The number of aliphatic carboxylic acids is 2. The van der Waals surface area contributed by atoms with Crippen LogP contribution in [0.5, 0.6) is 0 Å². The highest BCUT2D eigenvalue weighted by molar-refractivity contribution is 5.87. The lowest BCUT2D eigenvalue weighted by Crippen LogP contribution is -2.49. The quantitative estimate of drug-likeness (QED) is 0.559. The molecule has 0 radical (unpaired) electrons. The van der Waals surface area contributed by atoms with Crippen molar-refractivity contribution in [3.63, 3.8) is 0 Å². The first-order valence-electron chi connectivity index (χ1n) is 6.42. The van der Waals surface area contributed by atoms with Gasteiger partial charge in [0.05, 0.1) is 6.04 Å². The van der Waals surface area contributed by atoms with Crippen LogP contribution in [-0.2, 0) is 14.4 Å². The lowest BCUT2D eigenvalue weighted by Gasteiger charge is -2.25. The summed E-state index contributed by atoms with van der Waals surface area (Å²) in [6.07, 6.45) is 1.69. The van der Waals surface area contributed by atoms with Crippen molar-refractivity contribution in [3.8, 4) is 0 Å². The fourth-order valence-corrected chi connectivity index (χ4v) is 2.18. The molecule has 0 aromatic heterocycles. The Kier molecular flexibility index (Phi) is 5.75. The number of amides is 1. The van der Waals surface area contributed by atoms with Gasteiger partial charge in [0, 0.05) is 13.0 Å². The summed E-state index contributed by atoms with van der Waals surface area (Å²) in [4.78, 5) is 34.8. The number of nitrogens with one attached hydrogen (secondary N) is 1. The lowest BCUT2D eigenvalue weighted by atomic mass is 10.2. The summed E-state index contributed by atoms with van der Waals surface area (Å²) in [6.45, 7) is 2.56. The first-order chi connectivity index (χ1) is 8.93.